The molecule has 2 amide bonds. The molecule has 1 aromatic heterocycles. The summed E-state index contributed by atoms with van der Waals surface area (Å²) in [5.74, 6) is -0.813. The second-order valence-corrected chi connectivity index (χ2v) is 7.38. The molecule has 0 fully saturated rings. The number of carbonyl (C=O) groups is 2. The molecule has 0 aliphatic rings. The fraction of sp³-hybridized carbons (Fsp3) is 0.412. The molecule has 2 N–H and O–H groups in total. The molecule has 2 rings (SSSR count). The lowest BCUT2D eigenvalue weighted by Crippen LogP contribution is -2.47. The molecule has 6 nitrogen and oxygen atoms in total. The highest BCUT2D eigenvalue weighted by Crippen LogP contribution is 2.18. The van der Waals surface area contributed by atoms with E-state index in [1.807, 2.05) is 13.8 Å². The third-order valence-corrected chi connectivity index (χ3v) is 4.74. The maximum absolute atomic E-state index is 12.6. The molecule has 0 spiro atoms. The number of anilines is 1. The fourth-order valence-electron chi connectivity index (χ4n) is 2.20. The van der Waals surface area contributed by atoms with Crippen LogP contribution in [0.5, 0.6) is 0 Å². The number of aryl methyl sites for hydroxylation is 1. The second kappa shape index (κ2) is 8.92. The van der Waals surface area contributed by atoms with E-state index in [1.54, 1.807) is 24.3 Å². The van der Waals surface area contributed by atoms with Gasteiger partial charge in [0.25, 0.3) is 5.91 Å². The van der Waals surface area contributed by atoms with Crippen molar-refractivity contribution in [3.05, 3.63) is 39.9 Å². The lowest BCUT2D eigenvalue weighted by Gasteiger charge is -2.21. The lowest BCUT2D eigenvalue weighted by molar-refractivity contribution is -0.118. The average Bonchev–Trinajstić information content (AvgIpc) is 2.99. The number of nitrogens with one attached hydrogen (secondary N) is 2. The van der Waals surface area contributed by atoms with E-state index in [1.165, 1.54) is 11.3 Å². The summed E-state index contributed by atoms with van der Waals surface area (Å²) in [6.45, 7) is 5.78. The molecule has 2 aromatic rings. The van der Waals surface area contributed by atoms with E-state index in [0.717, 1.165) is 17.8 Å². The van der Waals surface area contributed by atoms with Crippen LogP contribution < -0.4 is 10.6 Å². The number of aromatic nitrogens is 2. The summed E-state index contributed by atoms with van der Waals surface area (Å²) in [7, 11) is 0. The van der Waals surface area contributed by atoms with Crippen LogP contribution in [0.1, 0.15) is 42.6 Å². The highest BCUT2D eigenvalue weighted by Gasteiger charge is 2.26. The van der Waals surface area contributed by atoms with Crippen molar-refractivity contribution in [1.82, 2.24) is 15.5 Å². The van der Waals surface area contributed by atoms with Gasteiger partial charge in [0.15, 0.2) is 0 Å². The van der Waals surface area contributed by atoms with E-state index >= 15 is 0 Å². The second-order valence-electron chi connectivity index (χ2n) is 5.92. The van der Waals surface area contributed by atoms with Gasteiger partial charge in [0.2, 0.25) is 11.0 Å². The zero-order valence-corrected chi connectivity index (χ0v) is 15.9. The van der Waals surface area contributed by atoms with Crippen LogP contribution in [0.25, 0.3) is 0 Å². The number of amides is 2. The molecule has 0 saturated heterocycles. The number of rotatable bonds is 7. The predicted octanol–water partition coefficient (Wildman–Crippen LogP) is 3.54. The van der Waals surface area contributed by atoms with Crippen molar-refractivity contribution in [1.29, 1.82) is 0 Å². The average molecular weight is 381 g/mol. The SMILES string of the molecule is CCCc1nnc(NC(=O)C(NC(=O)c2ccccc2Cl)C(C)C)s1. The molecule has 134 valence electrons. The third kappa shape index (κ3) is 5.24. The maximum Gasteiger partial charge on any atom is 0.253 e. The fourth-order valence-corrected chi connectivity index (χ4v) is 3.27. The highest BCUT2D eigenvalue weighted by atomic mass is 35.5. The molecule has 0 radical (unpaired) electrons. The van der Waals surface area contributed by atoms with Gasteiger partial charge < -0.3 is 5.32 Å². The molecule has 1 heterocycles. The number of nitrogens with zero attached hydrogens (tertiary/aromatic N) is 2. The van der Waals surface area contributed by atoms with Crippen molar-refractivity contribution in [3.63, 3.8) is 0 Å². The number of hydrogen-bond acceptors (Lipinski definition) is 5. The van der Waals surface area contributed by atoms with Crippen LogP contribution in [0.15, 0.2) is 24.3 Å². The Bertz CT molecular complexity index is 748. The lowest BCUT2D eigenvalue weighted by atomic mass is 10.0. The zero-order chi connectivity index (χ0) is 18.4. The Kier molecular flexibility index (Phi) is 6.90. The van der Waals surface area contributed by atoms with Gasteiger partial charge in [0.1, 0.15) is 11.0 Å². The van der Waals surface area contributed by atoms with E-state index < -0.39 is 6.04 Å². The first-order chi connectivity index (χ1) is 11.9. The number of hydrogen-bond donors (Lipinski definition) is 2. The van der Waals surface area contributed by atoms with Crippen molar-refractivity contribution >= 4 is 39.9 Å². The van der Waals surface area contributed by atoms with Crippen LogP contribution in [0.2, 0.25) is 5.02 Å². The highest BCUT2D eigenvalue weighted by molar-refractivity contribution is 7.15. The first-order valence-corrected chi connectivity index (χ1v) is 9.30. The molecule has 1 aromatic carbocycles. The monoisotopic (exact) mass is 380 g/mol. The number of carbonyl (C=O) groups excluding carboxylic acids is 2. The Labute approximate surface area is 156 Å². The minimum Gasteiger partial charge on any atom is -0.340 e. The molecular weight excluding hydrogens is 360 g/mol. The van der Waals surface area contributed by atoms with Crippen molar-refractivity contribution in [2.75, 3.05) is 5.32 Å². The summed E-state index contributed by atoms with van der Waals surface area (Å²) in [5.41, 5.74) is 0.337. The summed E-state index contributed by atoms with van der Waals surface area (Å²) < 4.78 is 0. The van der Waals surface area contributed by atoms with Gasteiger partial charge in [-0.3, -0.25) is 14.9 Å². The molecule has 1 atom stereocenters. The Morgan fingerprint density at radius 3 is 2.60 bits per heavy atom. The first kappa shape index (κ1) is 19.3. The summed E-state index contributed by atoms with van der Waals surface area (Å²) in [4.78, 5) is 25.0. The van der Waals surface area contributed by atoms with E-state index in [0.29, 0.717) is 15.7 Å². The molecule has 8 heteroatoms. The maximum atomic E-state index is 12.6. The normalized spacial score (nSPS) is 12.0. The summed E-state index contributed by atoms with van der Waals surface area (Å²) in [6.07, 6.45) is 1.79. The smallest absolute Gasteiger partial charge is 0.253 e. The minimum atomic E-state index is -0.706. The van der Waals surface area contributed by atoms with E-state index in [2.05, 4.69) is 27.8 Å². The topological polar surface area (TPSA) is 84.0 Å². The predicted molar refractivity (Wildman–Crippen MR) is 100 cm³/mol. The van der Waals surface area contributed by atoms with E-state index in [-0.39, 0.29) is 17.7 Å². The van der Waals surface area contributed by atoms with Gasteiger partial charge in [-0.1, -0.05) is 55.8 Å². The molecular formula is C17H21ClN4O2S. The summed E-state index contributed by atoms with van der Waals surface area (Å²) >= 11 is 7.39. The van der Waals surface area contributed by atoms with Gasteiger partial charge in [-0.2, -0.15) is 0 Å². The van der Waals surface area contributed by atoms with Gasteiger partial charge in [0.05, 0.1) is 10.6 Å². The zero-order valence-electron chi connectivity index (χ0n) is 14.4. The molecule has 25 heavy (non-hydrogen) atoms. The van der Waals surface area contributed by atoms with Crippen molar-refractivity contribution < 1.29 is 9.59 Å². The van der Waals surface area contributed by atoms with Gasteiger partial charge >= 0.3 is 0 Å². The molecule has 0 aliphatic heterocycles. The van der Waals surface area contributed by atoms with Crippen LogP contribution in [-0.4, -0.2) is 28.1 Å². The van der Waals surface area contributed by atoms with Crippen LogP contribution in [-0.2, 0) is 11.2 Å². The Morgan fingerprint density at radius 1 is 1.24 bits per heavy atom. The molecule has 1 unspecified atom stereocenters. The standard InChI is InChI=1S/C17H21ClN4O2S/c1-4-7-13-21-22-17(25-13)20-16(24)14(10(2)3)19-15(23)11-8-5-6-9-12(11)18/h5-6,8-10,14H,4,7H2,1-3H3,(H,19,23)(H,20,22,24). The van der Waals surface area contributed by atoms with Gasteiger partial charge in [-0.15, -0.1) is 10.2 Å². The largest absolute Gasteiger partial charge is 0.340 e. The minimum absolute atomic E-state index is 0.102. The van der Waals surface area contributed by atoms with Gasteiger partial charge in [-0.05, 0) is 24.5 Å². The summed E-state index contributed by atoms with van der Waals surface area (Å²) in [5, 5.41) is 15.1. The molecule has 0 bridgehead atoms. The van der Waals surface area contributed by atoms with Crippen molar-refractivity contribution in [2.24, 2.45) is 5.92 Å². The first-order valence-electron chi connectivity index (χ1n) is 8.11. The number of benzene rings is 1. The van der Waals surface area contributed by atoms with Crippen LogP contribution in [0.4, 0.5) is 5.13 Å². The van der Waals surface area contributed by atoms with E-state index in [4.69, 9.17) is 11.6 Å². The van der Waals surface area contributed by atoms with Gasteiger partial charge in [-0.25, -0.2) is 0 Å². The summed E-state index contributed by atoms with van der Waals surface area (Å²) in [6, 6.07) is 6.02. The Hall–Kier alpha value is -1.99. The quantitative estimate of drug-likeness (QED) is 0.769. The Morgan fingerprint density at radius 2 is 1.96 bits per heavy atom. The number of halogens is 1. The van der Waals surface area contributed by atoms with Crippen LogP contribution >= 0.6 is 22.9 Å². The van der Waals surface area contributed by atoms with Crippen molar-refractivity contribution in [2.45, 2.75) is 39.7 Å². The van der Waals surface area contributed by atoms with Crippen molar-refractivity contribution in [3.8, 4) is 0 Å². The molecule has 0 saturated carbocycles. The van der Waals surface area contributed by atoms with Crippen LogP contribution in [0.3, 0.4) is 0 Å². The Balaban J connectivity index is 2.07. The van der Waals surface area contributed by atoms with Crippen LogP contribution in [0, 0.1) is 5.92 Å². The van der Waals surface area contributed by atoms with Gasteiger partial charge in [0, 0.05) is 6.42 Å². The van der Waals surface area contributed by atoms with E-state index in [9.17, 15) is 9.59 Å². The molecule has 0 aliphatic carbocycles. The third-order valence-electron chi connectivity index (χ3n) is 3.52.